The van der Waals surface area contributed by atoms with Crippen LogP contribution in [0.3, 0.4) is 0 Å². The first-order valence-electron chi connectivity index (χ1n) is 6.24. The second-order valence-corrected chi connectivity index (χ2v) is 5.03. The van der Waals surface area contributed by atoms with Crippen molar-refractivity contribution in [2.75, 3.05) is 0 Å². The van der Waals surface area contributed by atoms with E-state index in [9.17, 15) is 0 Å². The molecule has 0 amide bonds. The fraction of sp³-hybridized carbons (Fsp3) is 0.500. The molecule has 2 rings (SSSR count). The molecule has 7 nitrogen and oxygen atoms in total. The van der Waals surface area contributed by atoms with Gasteiger partial charge in [0.2, 0.25) is 5.28 Å². The zero-order valence-corrected chi connectivity index (χ0v) is 12.5. The molecular weight excluding hydrogens is 282 g/mol. The van der Waals surface area contributed by atoms with Crippen LogP contribution in [0, 0.1) is 0 Å². The van der Waals surface area contributed by atoms with E-state index < -0.39 is 0 Å². The van der Waals surface area contributed by atoms with Gasteiger partial charge in [0.25, 0.3) is 0 Å². The van der Waals surface area contributed by atoms with E-state index in [-0.39, 0.29) is 29.5 Å². The molecule has 2 heterocycles. The van der Waals surface area contributed by atoms with Crippen molar-refractivity contribution in [1.82, 2.24) is 24.7 Å². The Hall–Kier alpha value is -1.89. The quantitative estimate of drug-likeness (QED) is 0.844. The molecule has 8 heteroatoms. The van der Waals surface area contributed by atoms with Gasteiger partial charge in [-0.05, 0) is 39.3 Å². The predicted octanol–water partition coefficient (Wildman–Crippen LogP) is 2.88. The SMILES string of the molecule is CC(C)Oc1nc(Cl)nc(Oc2cnn(C(C)C)c2)n1. The first-order valence-corrected chi connectivity index (χ1v) is 6.62. The van der Waals surface area contributed by atoms with E-state index in [1.54, 1.807) is 17.1 Å². The summed E-state index contributed by atoms with van der Waals surface area (Å²) in [5, 5.41) is 4.18. The van der Waals surface area contributed by atoms with Gasteiger partial charge in [0.15, 0.2) is 5.75 Å². The smallest absolute Gasteiger partial charge is 0.329 e. The van der Waals surface area contributed by atoms with Crippen LogP contribution in [-0.2, 0) is 0 Å². The van der Waals surface area contributed by atoms with Crippen molar-refractivity contribution in [3.63, 3.8) is 0 Å². The molecule has 0 saturated heterocycles. The van der Waals surface area contributed by atoms with Gasteiger partial charge in [0.1, 0.15) is 0 Å². The Balaban J connectivity index is 2.17. The van der Waals surface area contributed by atoms with Crippen molar-refractivity contribution < 1.29 is 9.47 Å². The molecule has 0 saturated carbocycles. The molecule has 0 aliphatic carbocycles. The van der Waals surface area contributed by atoms with Crippen molar-refractivity contribution >= 4 is 11.6 Å². The molecule has 20 heavy (non-hydrogen) atoms. The largest absolute Gasteiger partial charge is 0.461 e. The summed E-state index contributed by atoms with van der Waals surface area (Å²) in [4.78, 5) is 11.8. The lowest BCUT2D eigenvalue weighted by Crippen LogP contribution is -2.09. The molecular formula is C12H16ClN5O2. The molecule has 2 aromatic heterocycles. The Kier molecular flexibility index (Phi) is 4.39. The van der Waals surface area contributed by atoms with Crippen molar-refractivity contribution in [3.05, 3.63) is 17.7 Å². The highest BCUT2D eigenvalue weighted by molar-refractivity contribution is 6.28. The minimum Gasteiger partial charge on any atom is -0.461 e. The van der Waals surface area contributed by atoms with E-state index in [1.165, 1.54) is 0 Å². The highest BCUT2D eigenvalue weighted by Gasteiger charge is 2.11. The Labute approximate surface area is 121 Å². The summed E-state index contributed by atoms with van der Waals surface area (Å²) in [5.41, 5.74) is 0. The maximum Gasteiger partial charge on any atom is 0.329 e. The minimum absolute atomic E-state index is 0.0156. The lowest BCUT2D eigenvalue weighted by molar-refractivity contribution is 0.218. The van der Waals surface area contributed by atoms with Crippen molar-refractivity contribution in [2.45, 2.75) is 39.8 Å². The van der Waals surface area contributed by atoms with Gasteiger partial charge in [-0.1, -0.05) is 0 Å². The van der Waals surface area contributed by atoms with Crippen LogP contribution in [0.4, 0.5) is 0 Å². The van der Waals surface area contributed by atoms with Gasteiger partial charge in [-0.15, -0.1) is 4.98 Å². The fourth-order valence-corrected chi connectivity index (χ4v) is 1.53. The lowest BCUT2D eigenvalue weighted by atomic mass is 10.4. The van der Waals surface area contributed by atoms with Crippen LogP contribution >= 0.6 is 11.6 Å². The molecule has 0 aliphatic rings. The van der Waals surface area contributed by atoms with Gasteiger partial charge in [-0.2, -0.15) is 15.1 Å². The molecule has 0 aromatic carbocycles. The topological polar surface area (TPSA) is 75.0 Å². The first-order chi connectivity index (χ1) is 9.44. The summed E-state index contributed by atoms with van der Waals surface area (Å²) in [7, 11) is 0. The Morgan fingerprint density at radius 1 is 1.10 bits per heavy atom. The first kappa shape index (κ1) is 14.5. The molecule has 0 spiro atoms. The highest BCUT2D eigenvalue weighted by Crippen LogP contribution is 2.21. The van der Waals surface area contributed by atoms with Crippen LogP contribution < -0.4 is 9.47 Å². The van der Waals surface area contributed by atoms with E-state index >= 15 is 0 Å². The number of rotatable bonds is 5. The molecule has 108 valence electrons. The lowest BCUT2D eigenvalue weighted by Gasteiger charge is -2.08. The molecule has 0 unspecified atom stereocenters. The number of hydrogen-bond acceptors (Lipinski definition) is 6. The van der Waals surface area contributed by atoms with Gasteiger partial charge >= 0.3 is 12.0 Å². The Morgan fingerprint density at radius 3 is 2.40 bits per heavy atom. The average Bonchev–Trinajstić information content (AvgIpc) is 2.75. The summed E-state index contributed by atoms with van der Waals surface area (Å²) in [6, 6.07) is 0.448. The third kappa shape index (κ3) is 3.80. The van der Waals surface area contributed by atoms with Crippen molar-refractivity contribution in [2.24, 2.45) is 0 Å². The van der Waals surface area contributed by atoms with Gasteiger partial charge < -0.3 is 9.47 Å². The summed E-state index contributed by atoms with van der Waals surface area (Å²) in [6.07, 6.45) is 3.27. The number of nitrogens with zero attached hydrogens (tertiary/aromatic N) is 5. The Bertz CT molecular complexity index is 585. The molecule has 0 atom stereocenters. The zero-order valence-electron chi connectivity index (χ0n) is 11.7. The van der Waals surface area contributed by atoms with Crippen LogP contribution in [-0.4, -0.2) is 30.8 Å². The number of halogens is 1. The minimum atomic E-state index is -0.0648. The monoisotopic (exact) mass is 297 g/mol. The van der Waals surface area contributed by atoms with Crippen LogP contribution in [0.15, 0.2) is 12.4 Å². The van der Waals surface area contributed by atoms with E-state index in [0.717, 1.165) is 0 Å². The summed E-state index contributed by atoms with van der Waals surface area (Å²) < 4.78 is 12.6. The van der Waals surface area contributed by atoms with Gasteiger partial charge in [0, 0.05) is 6.04 Å². The fourth-order valence-electron chi connectivity index (χ4n) is 1.38. The van der Waals surface area contributed by atoms with Crippen LogP contribution in [0.1, 0.15) is 33.7 Å². The third-order valence-electron chi connectivity index (χ3n) is 2.22. The van der Waals surface area contributed by atoms with E-state index in [4.69, 9.17) is 21.1 Å². The third-order valence-corrected chi connectivity index (χ3v) is 2.39. The summed E-state index contributed by atoms with van der Waals surface area (Å²) >= 11 is 5.81. The van der Waals surface area contributed by atoms with E-state index in [0.29, 0.717) is 5.75 Å². The second-order valence-electron chi connectivity index (χ2n) is 4.69. The van der Waals surface area contributed by atoms with E-state index in [1.807, 2.05) is 27.7 Å². The summed E-state index contributed by atoms with van der Waals surface area (Å²) in [5.74, 6) is 0.525. The molecule has 2 aromatic rings. The van der Waals surface area contributed by atoms with Crippen molar-refractivity contribution in [3.8, 4) is 17.8 Å². The number of hydrogen-bond donors (Lipinski definition) is 0. The number of ether oxygens (including phenoxy) is 2. The maximum atomic E-state index is 5.81. The maximum absolute atomic E-state index is 5.81. The second kappa shape index (κ2) is 6.04. The standard InChI is InChI=1S/C12H16ClN5O2/c1-7(2)18-6-9(5-14-18)20-12-16-10(13)15-11(17-12)19-8(3)4/h5-8H,1-4H3. The predicted molar refractivity (Wildman–Crippen MR) is 73.3 cm³/mol. The molecule has 0 N–H and O–H groups in total. The molecule has 0 bridgehead atoms. The van der Waals surface area contributed by atoms with Gasteiger partial charge in [-0.25, -0.2) is 0 Å². The van der Waals surface area contributed by atoms with Crippen LogP contribution in [0.5, 0.6) is 17.8 Å². The normalized spacial score (nSPS) is 11.2. The highest BCUT2D eigenvalue weighted by atomic mass is 35.5. The van der Waals surface area contributed by atoms with Crippen molar-refractivity contribution in [1.29, 1.82) is 0 Å². The average molecular weight is 298 g/mol. The van der Waals surface area contributed by atoms with E-state index in [2.05, 4.69) is 20.1 Å². The van der Waals surface area contributed by atoms with Gasteiger partial charge in [-0.3, -0.25) is 4.68 Å². The van der Waals surface area contributed by atoms with Gasteiger partial charge in [0.05, 0.1) is 18.5 Å². The zero-order chi connectivity index (χ0) is 14.7. The molecule has 0 aliphatic heterocycles. The Morgan fingerprint density at radius 2 is 1.80 bits per heavy atom. The van der Waals surface area contributed by atoms with Crippen LogP contribution in [0.2, 0.25) is 5.28 Å². The molecule has 0 fully saturated rings. The summed E-state index contributed by atoms with van der Waals surface area (Å²) in [6.45, 7) is 7.77. The molecule has 0 radical (unpaired) electrons. The number of aromatic nitrogens is 5. The van der Waals surface area contributed by atoms with Crippen LogP contribution in [0.25, 0.3) is 0 Å².